The van der Waals surface area contributed by atoms with Crippen LogP contribution in [0, 0.1) is 6.92 Å². The number of aryl methyl sites for hydroxylation is 1. The van der Waals surface area contributed by atoms with Crippen molar-refractivity contribution in [2.75, 3.05) is 5.32 Å². The molecule has 0 bridgehead atoms. The van der Waals surface area contributed by atoms with Gasteiger partial charge in [-0.05, 0) is 36.8 Å². The van der Waals surface area contributed by atoms with Crippen LogP contribution in [0.15, 0.2) is 66.7 Å². The van der Waals surface area contributed by atoms with Crippen molar-refractivity contribution in [3.05, 3.63) is 87.6 Å². The number of thiophene rings is 1. The van der Waals surface area contributed by atoms with Crippen LogP contribution in [0.1, 0.15) is 27.0 Å². The van der Waals surface area contributed by atoms with Crippen LogP contribution in [0.25, 0.3) is 0 Å². The van der Waals surface area contributed by atoms with Crippen molar-refractivity contribution in [2.45, 2.75) is 19.6 Å². The third kappa shape index (κ3) is 5.03. The van der Waals surface area contributed by atoms with Gasteiger partial charge < -0.3 is 15.7 Å². The summed E-state index contributed by atoms with van der Waals surface area (Å²) >= 11 is 1.40. The summed E-state index contributed by atoms with van der Waals surface area (Å²) in [5.41, 5.74) is 2.46. The van der Waals surface area contributed by atoms with Crippen molar-refractivity contribution in [3.8, 4) is 0 Å². The zero-order valence-electron chi connectivity index (χ0n) is 14.8. The van der Waals surface area contributed by atoms with Gasteiger partial charge in [-0.2, -0.15) is 0 Å². The lowest BCUT2D eigenvalue weighted by Crippen LogP contribution is -2.34. The number of benzene rings is 2. The Kier molecular flexibility index (Phi) is 6.01. The minimum Gasteiger partial charge on any atom is -0.383 e. The molecule has 0 saturated carbocycles. The van der Waals surface area contributed by atoms with Gasteiger partial charge >= 0.3 is 11.8 Å². The van der Waals surface area contributed by atoms with Crippen LogP contribution in [0.2, 0.25) is 0 Å². The smallest absolute Gasteiger partial charge is 0.313 e. The molecular weight excluding hydrogens is 360 g/mol. The maximum absolute atomic E-state index is 12.0. The number of carbonyl (C=O) groups is 2. The van der Waals surface area contributed by atoms with Crippen molar-refractivity contribution in [3.63, 3.8) is 0 Å². The molecule has 6 heteroatoms. The number of hydrogen-bond acceptors (Lipinski definition) is 4. The van der Waals surface area contributed by atoms with Gasteiger partial charge in [-0.1, -0.05) is 48.0 Å². The maximum Gasteiger partial charge on any atom is 0.313 e. The molecule has 0 fully saturated rings. The van der Waals surface area contributed by atoms with Crippen molar-refractivity contribution in [1.82, 2.24) is 5.32 Å². The summed E-state index contributed by atoms with van der Waals surface area (Å²) in [7, 11) is 0. The third-order valence-corrected chi connectivity index (χ3v) is 5.14. The van der Waals surface area contributed by atoms with Gasteiger partial charge in [-0.3, -0.25) is 9.59 Å². The van der Waals surface area contributed by atoms with Crippen LogP contribution < -0.4 is 10.6 Å². The first-order valence-corrected chi connectivity index (χ1v) is 9.32. The third-order valence-electron chi connectivity index (χ3n) is 4.01. The molecule has 3 aromatic rings. The van der Waals surface area contributed by atoms with E-state index >= 15 is 0 Å². The van der Waals surface area contributed by atoms with E-state index in [-0.39, 0.29) is 6.54 Å². The number of anilines is 1. The molecule has 0 aliphatic carbocycles. The van der Waals surface area contributed by atoms with E-state index in [0.29, 0.717) is 5.69 Å². The van der Waals surface area contributed by atoms with Gasteiger partial charge in [-0.25, -0.2) is 0 Å². The number of rotatable bonds is 5. The number of nitrogens with one attached hydrogen (secondary N) is 2. The summed E-state index contributed by atoms with van der Waals surface area (Å²) < 4.78 is 0. The van der Waals surface area contributed by atoms with Crippen LogP contribution in [0.3, 0.4) is 0 Å². The highest BCUT2D eigenvalue weighted by Gasteiger charge is 2.16. The Morgan fingerprint density at radius 2 is 1.67 bits per heavy atom. The number of aliphatic hydroxyl groups excluding tert-OH is 1. The Hall–Kier alpha value is -2.96. The van der Waals surface area contributed by atoms with E-state index in [9.17, 15) is 14.7 Å². The number of carbonyl (C=O) groups excluding carboxylic acids is 2. The highest BCUT2D eigenvalue weighted by Crippen LogP contribution is 2.28. The minimum atomic E-state index is -0.708. The van der Waals surface area contributed by atoms with Gasteiger partial charge in [0.1, 0.15) is 6.10 Å². The van der Waals surface area contributed by atoms with Crippen molar-refractivity contribution < 1.29 is 14.7 Å². The Bertz CT molecular complexity index is 920. The van der Waals surface area contributed by atoms with Crippen LogP contribution >= 0.6 is 11.3 Å². The summed E-state index contributed by atoms with van der Waals surface area (Å²) in [5.74, 6) is -1.41. The Morgan fingerprint density at radius 1 is 0.963 bits per heavy atom. The molecule has 1 unspecified atom stereocenters. The molecule has 2 aromatic carbocycles. The maximum atomic E-state index is 12.0. The van der Waals surface area contributed by atoms with E-state index in [0.717, 1.165) is 20.9 Å². The lowest BCUT2D eigenvalue weighted by molar-refractivity contribution is -0.136. The molecule has 1 aromatic heterocycles. The first kappa shape index (κ1) is 18.8. The molecule has 2 amide bonds. The fraction of sp³-hybridized carbons (Fsp3) is 0.143. The molecule has 1 heterocycles. The second-order valence-corrected chi connectivity index (χ2v) is 7.32. The van der Waals surface area contributed by atoms with E-state index in [1.165, 1.54) is 11.3 Å². The molecule has 0 radical (unpaired) electrons. The summed E-state index contributed by atoms with van der Waals surface area (Å²) in [5, 5.41) is 15.6. The lowest BCUT2D eigenvalue weighted by atomic mass is 10.1. The predicted octanol–water partition coefficient (Wildman–Crippen LogP) is 3.39. The average Bonchev–Trinajstić information content (AvgIpc) is 3.17. The molecule has 5 nitrogen and oxygen atoms in total. The van der Waals surface area contributed by atoms with Crippen LogP contribution in [-0.4, -0.2) is 16.9 Å². The largest absolute Gasteiger partial charge is 0.383 e. The van der Waals surface area contributed by atoms with E-state index in [4.69, 9.17) is 0 Å². The van der Waals surface area contributed by atoms with Crippen LogP contribution in [-0.2, 0) is 16.1 Å². The Labute approximate surface area is 161 Å². The summed E-state index contributed by atoms with van der Waals surface area (Å²) in [4.78, 5) is 25.6. The highest BCUT2D eigenvalue weighted by molar-refractivity contribution is 7.12. The van der Waals surface area contributed by atoms with Crippen LogP contribution in [0.5, 0.6) is 0 Å². The topological polar surface area (TPSA) is 78.4 Å². The molecule has 27 heavy (non-hydrogen) atoms. The Balaban J connectivity index is 1.54. The van der Waals surface area contributed by atoms with Gasteiger partial charge in [0.15, 0.2) is 0 Å². The van der Waals surface area contributed by atoms with Gasteiger partial charge in [0.2, 0.25) is 0 Å². The summed E-state index contributed by atoms with van der Waals surface area (Å²) in [6, 6.07) is 20.3. The number of aliphatic hydroxyl groups is 1. The predicted molar refractivity (Wildman–Crippen MR) is 106 cm³/mol. The normalized spacial score (nSPS) is 11.6. The van der Waals surface area contributed by atoms with Crippen molar-refractivity contribution in [1.29, 1.82) is 0 Å². The SMILES string of the molecule is Cc1ccc(NC(=O)C(=O)NCc2ccc(C(O)c3ccccc3)s2)cc1. The second kappa shape index (κ2) is 8.62. The zero-order valence-corrected chi connectivity index (χ0v) is 15.6. The fourth-order valence-corrected chi connectivity index (χ4v) is 3.48. The van der Waals surface area contributed by atoms with Gasteiger partial charge in [0, 0.05) is 15.4 Å². The average molecular weight is 380 g/mol. The molecule has 0 aliphatic heterocycles. The number of amides is 2. The first-order valence-electron chi connectivity index (χ1n) is 8.50. The molecule has 0 saturated heterocycles. The quantitative estimate of drug-likeness (QED) is 0.594. The van der Waals surface area contributed by atoms with Crippen molar-refractivity contribution >= 4 is 28.8 Å². The zero-order chi connectivity index (χ0) is 19.2. The van der Waals surface area contributed by atoms with E-state index in [1.54, 1.807) is 12.1 Å². The van der Waals surface area contributed by atoms with Gasteiger partial charge in [-0.15, -0.1) is 11.3 Å². The first-order chi connectivity index (χ1) is 13.0. The molecular formula is C21H20N2O3S. The van der Waals surface area contributed by atoms with Crippen molar-refractivity contribution in [2.24, 2.45) is 0 Å². The summed E-state index contributed by atoms with van der Waals surface area (Å²) in [6.45, 7) is 2.18. The molecule has 3 N–H and O–H groups in total. The van der Waals surface area contributed by atoms with Crippen LogP contribution in [0.4, 0.5) is 5.69 Å². The summed E-state index contributed by atoms with van der Waals surface area (Å²) in [6.07, 6.45) is -0.703. The monoisotopic (exact) mass is 380 g/mol. The lowest BCUT2D eigenvalue weighted by Gasteiger charge is -2.08. The highest BCUT2D eigenvalue weighted by atomic mass is 32.1. The minimum absolute atomic E-state index is 0.228. The Morgan fingerprint density at radius 3 is 2.37 bits per heavy atom. The molecule has 0 spiro atoms. The molecule has 3 rings (SSSR count). The van der Waals surface area contributed by atoms with E-state index in [2.05, 4.69) is 10.6 Å². The van der Waals surface area contributed by atoms with Gasteiger partial charge in [0.25, 0.3) is 0 Å². The molecule has 0 aliphatic rings. The van der Waals surface area contributed by atoms with E-state index in [1.807, 2.05) is 61.5 Å². The molecule has 138 valence electrons. The second-order valence-electron chi connectivity index (χ2n) is 6.12. The van der Waals surface area contributed by atoms with E-state index < -0.39 is 17.9 Å². The number of hydrogen-bond donors (Lipinski definition) is 3. The fourth-order valence-electron chi connectivity index (χ4n) is 2.51. The standard InChI is InChI=1S/C21H20N2O3S/c1-14-7-9-16(10-8-14)23-21(26)20(25)22-13-17-11-12-18(27-17)19(24)15-5-3-2-4-6-15/h2-12,19,24H,13H2,1H3,(H,22,25)(H,23,26). The molecule has 1 atom stereocenters. The van der Waals surface area contributed by atoms with Gasteiger partial charge in [0.05, 0.1) is 6.54 Å².